The standard InChI is InChI=1S/C17H16ClNO4S/c1-24-15-4-2-3-13(9-15)19-16(20)10-23-17(21)11-22-14-7-5-12(18)6-8-14/h2-9H,10-11H2,1H3,(H,19,20). The van der Waals surface area contributed by atoms with Gasteiger partial charge in [-0.1, -0.05) is 17.7 Å². The Morgan fingerprint density at radius 2 is 1.88 bits per heavy atom. The van der Waals surface area contributed by atoms with E-state index in [1.165, 1.54) is 0 Å². The molecule has 2 aromatic carbocycles. The van der Waals surface area contributed by atoms with Crippen molar-refractivity contribution < 1.29 is 19.1 Å². The van der Waals surface area contributed by atoms with Gasteiger partial charge in [0, 0.05) is 15.6 Å². The van der Waals surface area contributed by atoms with E-state index >= 15 is 0 Å². The number of hydrogen-bond acceptors (Lipinski definition) is 5. The molecule has 5 nitrogen and oxygen atoms in total. The zero-order chi connectivity index (χ0) is 17.4. The van der Waals surface area contributed by atoms with Gasteiger partial charge in [-0.05, 0) is 48.7 Å². The second-order valence-corrected chi connectivity index (χ2v) is 6.00. The molecule has 126 valence electrons. The van der Waals surface area contributed by atoms with E-state index in [4.69, 9.17) is 21.1 Å². The maximum Gasteiger partial charge on any atom is 0.344 e. The van der Waals surface area contributed by atoms with Gasteiger partial charge in [-0.3, -0.25) is 4.79 Å². The van der Waals surface area contributed by atoms with Gasteiger partial charge in [0.2, 0.25) is 0 Å². The van der Waals surface area contributed by atoms with Crippen LogP contribution in [-0.4, -0.2) is 31.3 Å². The van der Waals surface area contributed by atoms with Crippen molar-refractivity contribution in [2.75, 3.05) is 24.8 Å². The predicted molar refractivity (Wildman–Crippen MR) is 94.8 cm³/mol. The molecule has 0 aliphatic carbocycles. The molecule has 0 heterocycles. The van der Waals surface area contributed by atoms with Crippen LogP contribution in [0.25, 0.3) is 0 Å². The van der Waals surface area contributed by atoms with Gasteiger partial charge in [0.1, 0.15) is 5.75 Å². The van der Waals surface area contributed by atoms with Crippen molar-refractivity contribution in [1.29, 1.82) is 0 Å². The van der Waals surface area contributed by atoms with Gasteiger partial charge in [0.25, 0.3) is 5.91 Å². The molecule has 0 saturated heterocycles. The minimum absolute atomic E-state index is 0.281. The second-order valence-electron chi connectivity index (χ2n) is 4.68. The number of thioether (sulfide) groups is 1. The molecule has 0 unspecified atom stereocenters. The van der Waals surface area contributed by atoms with Gasteiger partial charge in [0.05, 0.1) is 0 Å². The minimum Gasteiger partial charge on any atom is -0.482 e. The SMILES string of the molecule is CSc1cccc(NC(=O)COC(=O)COc2ccc(Cl)cc2)c1. The van der Waals surface area contributed by atoms with Gasteiger partial charge in [0.15, 0.2) is 13.2 Å². The summed E-state index contributed by atoms with van der Waals surface area (Å²) in [6, 6.07) is 14.0. The summed E-state index contributed by atoms with van der Waals surface area (Å²) in [5.74, 6) is -0.541. The lowest BCUT2D eigenvalue weighted by Crippen LogP contribution is -2.23. The molecular weight excluding hydrogens is 350 g/mol. The topological polar surface area (TPSA) is 64.6 Å². The third-order valence-electron chi connectivity index (χ3n) is 2.89. The number of carbonyl (C=O) groups excluding carboxylic acids is 2. The molecule has 1 N–H and O–H groups in total. The number of rotatable bonds is 7. The fourth-order valence-electron chi connectivity index (χ4n) is 1.76. The van der Waals surface area contributed by atoms with Crippen molar-refractivity contribution in [2.24, 2.45) is 0 Å². The van der Waals surface area contributed by atoms with Crippen molar-refractivity contribution in [3.05, 3.63) is 53.6 Å². The lowest BCUT2D eigenvalue weighted by Gasteiger charge is -2.08. The molecule has 0 spiro atoms. The van der Waals surface area contributed by atoms with Crippen molar-refractivity contribution in [3.8, 4) is 5.75 Å². The van der Waals surface area contributed by atoms with E-state index in [1.807, 2.05) is 24.5 Å². The Morgan fingerprint density at radius 1 is 1.12 bits per heavy atom. The lowest BCUT2D eigenvalue weighted by molar-refractivity contribution is -0.149. The Labute approximate surface area is 149 Å². The van der Waals surface area contributed by atoms with Crippen LogP contribution in [0.15, 0.2) is 53.4 Å². The highest BCUT2D eigenvalue weighted by Gasteiger charge is 2.09. The summed E-state index contributed by atoms with van der Waals surface area (Å²) in [6.07, 6.45) is 1.95. The third kappa shape index (κ3) is 6.14. The zero-order valence-electron chi connectivity index (χ0n) is 13.0. The first-order chi connectivity index (χ1) is 11.6. The average molecular weight is 366 g/mol. The molecule has 0 aliphatic heterocycles. The number of benzene rings is 2. The molecule has 1 amide bonds. The van der Waals surface area contributed by atoms with Crippen LogP contribution in [0.2, 0.25) is 5.02 Å². The molecule has 0 bridgehead atoms. The summed E-state index contributed by atoms with van der Waals surface area (Å²) < 4.78 is 10.1. The maximum atomic E-state index is 11.8. The highest BCUT2D eigenvalue weighted by Crippen LogP contribution is 2.19. The van der Waals surface area contributed by atoms with Crippen molar-refractivity contribution in [3.63, 3.8) is 0 Å². The molecule has 24 heavy (non-hydrogen) atoms. The number of ether oxygens (including phenoxy) is 2. The molecule has 0 aromatic heterocycles. The molecule has 7 heteroatoms. The molecule has 2 rings (SSSR count). The van der Waals surface area contributed by atoms with Gasteiger partial charge in [-0.25, -0.2) is 4.79 Å². The van der Waals surface area contributed by atoms with Crippen LogP contribution in [0, 0.1) is 0 Å². The average Bonchev–Trinajstić information content (AvgIpc) is 2.59. The van der Waals surface area contributed by atoms with Gasteiger partial charge in [-0.15, -0.1) is 11.8 Å². The number of esters is 1. The summed E-state index contributed by atoms with van der Waals surface area (Å²) in [7, 11) is 0. The predicted octanol–water partition coefficient (Wildman–Crippen LogP) is 3.62. The van der Waals surface area contributed by atoms with E-state index < -0.39 is 11.9 Å². The van der Waals surface area contributed by atoms with Crippen molar-refractivity contribution in [2.45, 2.75) is 4.90 Å². The molecule has 0 fully saturated rings. The fraction of sp³-hybridized carbons (Fsp3) is 0.176. The fourth-order valence-corrected chi connectivity index (χ4v) is 2.34. The third-order valence-corrected chi connectivity index (χ3v) is 3.87. The zero-order valence-corrected chi connectivity index (χ0v) is 14.5. The molecule has 0 atom stereocenters. The van der Waals surface area contributed by atoms with E-state index in [-0.39, 0.29) is 13.2 Å². The molecule has 0 aliphatic rings. The summed E-state index contributed by atoms with van der Waals surface area (Å²) in [5, 5.41) is 3.24. The first-order valence-electron chi connectivity index (χ1n) is 7.05. The Balaban J connectivity index is 1.72. The van der Waals surface area contributed by atoms with Crippen LogP contribution in [-0.2, 0) is 14.3 Å². The van der Waals surface area contributed by atoms with Crippen LogP contribution in [0.3, 0.4) is 0 Å². The van der Waals surface area contributed by atoms with Crippen molar-refractivity contribution >= 4 is 40.9 Å². The van der Waals surface area contributed by atoms with E-state index in [1.54, 1.807) is 42.1 Å². The van der Waals surface area contributed by atoms with Crippen molar-refractivity contribution in [1.82, 2.24) is 0 Å². The quantitative estimate of drug-likeness (QED) is 0.599. The van der Waals surface area contributed by atoms with E-state index in [9.17, 15) is 9.59 Å². The van der Waals surface area contributed by atoms with Gasteiger partial charge < -0.3 is 14.8 Å². The lowest BCUT2D eigenvalue weighted by atomic mass is 10.3. The number of amides is 1. The van der Waals surface area contributed by atoms with Gasteiger partial charge >= 0.3 is 5.97 Å². The number of halogens is 1. The van der Waals surface area contributed by atoms with Crippen LogP contribution < -0.4 is 10.1 Å². The molecular formula is C17H16ClNO4S. The molecule has 0 radical (unpaired) electrons. The van der Waals surface area contributed by atoms with Crippen LogP contribution in [0.4, 0.5) is 5.69 Å². The first kappa shape index (κ1) is 18.2. The normalized spacial score (nSPS) is 10.1. The van der Waals surface area contributed by atoms with Crippen LogP contribution >= 0.6 is 23.4 Å². The maximum absolute atomic E-state index is 11.8. The summed E-state index contributed by atoms with van der Waals surface area (Å²) in [5.41, 5.74) is 0.653. The second kappa shape index (κ2) is 9.20. The number of carbonyl (C=O) groups is 2. The molecule has 0 saturated carbocycles. The number of hydrogen-bond donors (Lipinski definition) is 1. The summed E-state index contributed by atoms with van der Waals surface area (Å²) >= 11 is 7.32. The Bertz CT molecular complexity index is 706. The van der Waals surface area contributed by atoms with E-state index in [2.05, 4.69) is 5.32 Å². The Morgan fingerprint density at radius 3 is 2.58 bits per heavy atom. The first-order valence-corrected chi connectivity index (χ1v) is 8.65. The largest absolute Gasteiger partial charge is 0.482 e. The Kier molecular flexibility index (Phi) is 6.96. The van der Waals surface area contributed by atoms with Gasteiger partial charge in [-0.2, -0.15) is 0 Å². The van der Waals surface area contributed by atoms with Crippen LogP contribution in [0.1, 0.15) is 0 Å². The molecule has 2 aromatic rings. The van der Waals surface area contributed by atoms with E-state index in [0.29, 0.717) is 16.5 Å². The number of anilines is 1. The highest BCUT2D eigenvalue weighted by atomic mass is 35.5. The number of nitrogens with one attached hydrogen (secondary N) is 1. The summed E-state index contributed by atoms with van der Waals surface area (Å²) in [6.45, 7) is -0.650. The summed E-state index contributed by atoms with van der Waals surface area (Å²) in [4.78, 5) is 24.4. The highest BCUT2D eigenvalue weighted by molar-refractivity contribution is 7.98. The van der Waals surface area contributed by atoms with E-state index in [0.717, 1.165) is 4.90 Å². The minimum atomic E-state index is -0.627. The Hall–Kier alpha value is -2.18. The van der Waals surface area contributed by atoms with Crippen LogP contribution in [0.5, 0.6) is 5.75 Å². The smallest absolute Gasteiger partial charge is 0.344 e. The monoisotopic (exact) mass is 365 g/mol.